The summed E-state index contributed by atoms with van der Waals surface area (Å²) in [5.74, 6) is -0.176. The number of carbonyl (C=O) groups excluding carboxylic acids is 1. The molecular formula is C17H24N4O2. The van der Waals surface area contributed by atoms with Gasteiger partial charge >= 0.3 is 0 Å². The molecule has 0 saturated carbocycles. The molecule has 0 aliphatic heterocycles. The number of benzene rings is 1. The number of rotatable bonds is 6. The van der Waals surface area contributed by atoms with Gasteiger partial charge in [-0.3, -0.25) is 19.4 Å². The quantitative estimate of drug-likeness (QED) is 0.764. The van der Waals surface area contributed by atoms with Crippen molar-refractivity contribution >= 4 is 11.6 Å². The average Bonchev–Trinajstić information content (AvgIpc) is 2.81. The fourth-order valence-electron chi connectivity index (χ4n) is 2.60. The van der Waals surface area contributed by atoms with E-state index in [0.717, 1.165) is 23.5 Å². The summed E-state index contributed by atoms with van der Waals surface area (Å²) >= 11 is 0. The zero-order valence-electron chi connectivity index (χ0n) is 14.1. The molecule has 0 aliphatic carbocycles. The standard InChI is InChI=1S/C17H24N4O2/c1-5-18-15-9-7-8-13(11(15)3)16(22)19-10-14-12(4)20-21(6-2)17(14)23/h7-9,18,20H,5-6,10H2,1-4H3,(H,19,22). The van der Waals surface area contributed by atoms with Gasteiger partial charge in [-0.05, 0) is 45.4 Å². The molecule has 0 spiro atoms. The third-order valence-corrected chi connectivity index (χ3v) is 3.95. The molecule has 1 aromatic heterocycles. The molecule has 6 nitrogen and oxygen atoms in total. The van der Waals surface area contributed by atoms with E-state index >= 15 is 0 Å². The third-order valence-electron chi connectivity index (χ3n) is 3.95. The Balaban J connectivity index is 2.16. The first kappa shape index (κ1) is 16.9. The lowest BCUT2D eigenvalue weighted by atomic mass is 10.1. The highest BCUT2D eigenvalue weighted by molar-refractivity contribution is 5.97. The van der Waals surface area contributed by atoms with Gasteiger partial charge in [0.15, 0.2) is 0 Å². The molecule has 2 rings (SSSR count). The van der Waals surface area contributed by atoms with Crippen LogP contribution in [0.15, 0.2) is 23.0 Å². The van der Waals surface area contributed by atoms with Crippen LogP contribution in [-0.2, 0) is 13.1 Å². The fraction of sp³-hybridized carbons (Fsp3) is 0.412. The number of anilines is 1. The Morgan fingerprint density at radius 2 is 2.00 bits per heavy atom. The van der Waals surface area contributed by atoms with Crippen molar-refractivity contribution in [2.45, 2.75) is 40.8 Å². The maximum absolute atomic E-state index is 12.4. The summed E-state index contributed by atoms with van der Waals surface area (Å²) in [5, 5.41) is 9.09. The number of aryl methyl sites for hydroxylation is 2. The molecule has 1 heterocycles. The first-order valence-electron chi connectivity index (χ1n) is 7.89. The van der Waals surface area contributed by atoms with E-state index in [1.165, 1.54) is 4.68 Å². The molecule has 124 valence electrons. The van der Waals surface area contributed by atoms with Crippen molar-refractivity contribution < 1.29 is 4.79 Å². The molecular weight excluding hydrogens is 292 g/mol. The molecule has 3 N–H and O–H groups in total. The highest BCUT2D eigenvalue weighted by atomic mass is 16.2. The Labute approximate surface area is 135 Å². The summed E-state index contributed by atoms with van der Waals surface area (Å²) in [5.41, 5.74) is 3.78. The van der Waals surface area contributed by atoms with Crippen molar-refractivity contribution in [2.24, 2.45) is 0 Å². The predicted molar refractivity (Wildman–Crippen MR) is 92.0 cm³/mol. The Morgan fingerprint density at radius 3 is 2.61 bits per heavy atom. The SMILES string of the molecule is CCNc1cccc(C(=O)NCc2c(C)[nH]n(CC)c2=O)c1C. The van der Waals surface area contributed by atoms with Gasteiger partial charge in [0, 0.05) is 30.0 Å². The van der Waals surface area contributed by atoms with Gasteiger partial charge in [0.1, 0.15) is 0 Å². The van der Waals surface area contributed by atoms with Gasteiger partial charge < -0.3 is 10.6 Å². The predicted octanol–water partition coefficient (Wildman–Crippen LogP) is 2.17. The lowest BCUT2D eigenvalue weighted by molar-refractivity contribution is 0.0950. The molecule has 0 atom stereocenters. The molecule has 0 bridgehead atoms. The molecule has 2 aromatic rings. The Morgan fingerprint density at radius 1 is 1.26 bits per heavy atom. The smallest absolute Gasteiger partial charge is 0.271 e. The molecule has 0 saturated heterocycles. The summed E-state index contributed by atoms with van der Waals surface area (Å²) in [6.07, 6.45) is 0. The van der Waals surface area contributed by atoms with Crippen molar-refractivity contribution in [3.05, 3.63) is 50.9 Å². The molecule has 0 radical (unpaired) electrons. The van der Waals surface area contributed by atoms with Crippen LogP contribution in [0.5, 0.6) is 0 Å². The Bertz CT molecular complexity index is 758. The maximum atomic E-state index is 12.4. The van der Waals surface area contributed by atoms with E-state index in [0.29, 0.717) is 17.7 Å². The second-order valence-corrected chi connectivity index (χ2v) is 5.46. The fourth-order valence-corrected chi connectivity index (χ4v) is 2.60. The highest BCUT2D eigenvalue weighted by Crippen LogP contribution is 2.18. The molecule has 0 fully saturated rings. The largest absolute Gasteiger partial charge is 0.385 e. The van der Waals surface area contributed by atoms with Crippen LogP contribution in [0.4, 0.5) is 5.69 Å². The van der Waals surface area contributed by atoms with E-state index in [1.807, 2.05) is 39.8 Å². The lowest BCUT2D eigenvalue weighted by Gasteiger charge is -2.12. The number of carbonyl (C=O) groups is 1. The first-order chi connectivity index (χ1) is 11.0. The van der Waals surface area contributed by atoms with Gasteiger partial charge in [-0.15, -0.1) is 0 Å². The van der Waals surface area contributed by atoms with Crippen molar-refractivity contribution in [2.75, 3.05) is 11.9 Å². The summed E-state index contributed by atoms with van der Waals surface area (Å²) in [4.78, 5) is 24.6. The minimum atomic E-state index is -0.176. The second-order valence-electron chi connectivity index (χ2n) is 5.46. The second kappa shape index (κ2) is 7.17. The molecule has 1 amide bonds. The lowest BCUT2D eigenvalue weighted by Crippen LogP contribution is -2.28. The van der Waals surface area contributed by atoms with E-state index < -0.39 is 0 Å². The number of hydrogen-bond acceptors (Lipinski definition) is 3. The molecule has 23 heavy (non-hydrogen) atoms. The van der Waals surface area contributed by atoms with Gasteiger partial charge in [0.25, 0.3) is 11.5 Å². The topological polar surface area (TPSA) is 78.9 Å². The van der Waals surface area contributed by atoms with Crippen LogP contribution in [0, 0.1) is 13.8 Å². The third kappa shape index (κ3) is 3.47. The van der Waals surface area contributed by atoms with Gasteiger partial charge in [0.2, 0.25) is 0 Å². The van der Waals surface area contributed by atoms with Gasteiger partial charge in [-0.2, -0.15) is 0 Å². The van der Waals surface area contributed by atoms with Gasteiger partial charge in [-0.1, -0.05) is 6.07 Å². The van der Waals surface area contributed by atoms with Crippen LogP contribution in [0.2, 0.25) is 0 Å². The first-order valence-corrected chi connectivity index (χ1v) is 7.89. The zero-order valence-corrected chi connectivity index (χ0v) is 14.1. The summed E-state index contributed by atoms with van der Waals surface area (Å²) in [6, 6.07) is 5.59. The number of aromatic amines is 1. The van der Waals surface area contributed by atoms with Crippen LogP contribution >= 0.6 is 0 Å². The van der Waals surface area contributed by atoms with Crippen LogP contribution < -0.4 is 16.2 Å². The Hall–Kier alpha value is -2.50. The minimum Gasteiger partial charge on any atom is -0.385 e. The van der Waals surface area contributed by atoms with E-state index in [4.69, 9.17) is 0 Å². The average molecular weight is 316 g/mol. The van der Waals surface area contributed by atoms with E-state index in [1.54, 1.807) is 6.07 Å². The van der Waals surface area contributed by atoms with Crippen molar-refractivity contribution in [3.63, 3.8) is 0 Å². The van der Waals surface area contributed by atoms with Crippen LogP contribution in [0.1, 0.15) is 41.0 Å². The zero-order chi connectivity index (χ0) is 17.0. The van der Waals surface area contributed by atoms with E-state index in [9.17, 15) is 9.59 Å². The van der Waals surface area contributed by atoms with Crippen molar-refractivity contribution in [3.8, 4) is 0 Å². The minimum absolute atomic E-state index is 0.0802. The number of nitrogens with one attached hydrogen (secondary N) is 3. The Kier molecular flexibility index (Phi) is 5.26. The van der Waals surface area contributed by atoms with Crippen LogP contribution in [-0.4, -0.2) is 22.2 Å². The normalized spacial score (nSPS) is 10.6. The molecule has 0 aliphatic rings. The number of H-pyrrole nitrogens is 1. The molecule has 6 heteroatoms. The maximum Gasteiger partial charge on any atom is 0.271 e. The summed E-state index contributed by atoms with van der Waals surface area (Å²) < 4.78 is 1.54. The van der Waals surface area contributed by atoms with Crippen LogP contribution in [0.3, 0.4) is 0 Å². The molecule has 1 aromatic carbocycles. The number of hydrogen-bond donors (Lipinski definition) is 3. The van der Waals surface area contributed by atoms with Crippen molar-refractivity contribution in [1.82, 2.24) is 15.1 Å². The number of nitrogens with zero attached hydrogens (tertiary/aromatic N) is 1. The number of aromatic nitrogens is 2. The summed E-state index contributed by atoms with van der Waals surface area (Å²) in [7, 11) is 0. The van der Waals surface area contributed by atoms with E-state index in [-0.39, 0.29) is 18.0 Å². The highest BCUT2D eigenvalue weighted by Gasteiger charge is 2.14. The van der Waals surface area contributed by atoms with Gasteiger partial charge in [-0.25, -0.2) is 0 Å². The van der Waals surface area contributed by atoms with E-state index in [2.05, 4.69) is 15.7 Å². The molecule has 0 unspecified atom stereocenters. The van der Waals surface area contributed by atoms with Crippen LogP contribution in [0.25, 0.3) is 0 Å². The van der Waals surface area contributed by atoms with Gasteiger partial charge in [0.05, 0.1) is 12.1 Å². The number of amides is 1. The van der Waals surface area contributed by atoms with Crippen molar-refractivity contribution in [1.29, 1.82) is 0 Å². The summed E-state index contributed by atoms with van der Waals surface area (Å²) in [6.45, 7) is 9.26. The monoisotopic (exact) mass is 316 g/mol.